The Balaban J connectivity index is 1.89. The van der Waals surface area contributed by atoms with Gasteiger partial charge in [-0.1, -0.05) is 11.8 Å². The zero-order valence-electron chi connectivity index (χ0n) is 8.54. The van der Waals surface area contributed by atoms with Crippen molar-refractivity contribution in [2.75, 3.05) is 19.8 Å². The summed E-state index contributed by atoms with van der Waals surface area (Å²) in [6.45, 7) is 4.36. The molecule has 1 N–H and O–H groups in total. The highest BCUT2D eigenvalue weighted by Crippen LogP contribution is 2.34. The van der Waals surface area contributed by atoms with Crippen LogP contribution in [-0.2, 0) is 9.53 Å². The van der Waals surface area contributed by atoms with E-state index in [0.717, 1.165) is 39.0 Å². The molecule has 0 amide bonds. The third kappa shape index (κ3) is 2.30. The molecular weight excluding hydrogens is 198 g/mol. The highest BCUT2D eigenvalue weighted by atomic mass is 32.2. The summed E-state index contributed by atoms with van der Waals surface area (Å²) in [5, 5.41) is 4.29. The quantitative estimate of drug-likeness (QED) is 0.713. The fourth-order valence-corrected chi connectivity index (χ4v) is 3.41. The van der Waals surface area contributed by atoms with Gasteiger partial charge in [0.25, 0.3) is 0 Å². The van der Waals surface area contributed by atoms with Crippen LogP contribution in [0.15, 0.2) is 0 Å². The molecule has 4 heteroatoms. The van der Waals surface area contributed by atoms with Crippen LogP contribution in [-0.4, -0.2) is 35.7 Å². The molecule has 1 spiro atoms. The van der Waals surface area contributed by atoms with E-state index in [0.29, 0.717) is 5.25 Å². The van der Waals surface area contributed by atoms with E-state index in [2.05, 4.69) is 5.32 Å². The van der Waals surface area contributed by atoms with Crippen LogP contribution in [0.5, 0.6) is 0 Å². The maximum Gasteiger partial charge on any atom is 0.186 e. The molecule has 0 aromatic rings. The van der Waals surface area contributed by atoms with E-state index < -0.39 is 0 Å². The van der Waals surface area contributed by atoms with E-state index in [-0.39, 0.29) is 10.7 Å². The lowest BCUT2D eigenvalue weighted by Crippen LogP contribution is -2.44. The monoisotopic (exact) mass is 215 g/mol. The van der Waals surface area contributed by atoms with Gasteiger partial charge in [0.1, 0.15) is 0 Å². The van der Waals surface area contributed by atoms with Crippen LogP contribution in [0.3, 0.4) is 0 Å². The lowest BCUT2D eigenvalue weighted by Gasteiger charge is -2.33. The van der Waals surface area contributed by atoms with Gasteiger partial charge in [0.15, 0.2) is 5.12 Å². The lowest BCUT2D eigenvalue weighted by atomic mass is 9.89. The zero-order chi connectivity index (χ0) is 10.0. The standard InChI is InChI=1S/C10H17NO2S/c1-8(12)14-9-6-10(11-7-9)2-4-13-5-3-10/h9,11H,2-7H2,1H3. The minimum Gasteiger partial charge on any atom is -0.381 e. The topological polar surface area (TPSA) is 38.3 Å². The fraction of sp³-hybridized carbons (Fsp3) is 0.900. The Morgan fingerprint density at radius 1 is 1.50 bits per heavy atom. The predicted octanol–water partition coefficient (Wildman–Crippen LogP) is 1.18. The summed E-state index contributed by atoms with van der Waals surface area (Å²) < 4.78 is 5.36. The van der Waals surface area contributed by atoms with Gasteiger partial charge in [0.2, 0.25) is 0 Å². The summed E-state index contributed by atoms with van der Waals surface area (Å²) in [7, 11) is 0. The van der Waals surface area contributed by atoms with Crippen molar-refractivity contribution >= 4 is 16.9 Å². The van der Waals surface area contributed by atoms with Crippen LogP contribution < -0.4 is 5.32 Å². The summed E-state index contributed by atoms with van der Waals surface area (Å²) in [6, 6.07) is 0. The van der Waals surface area contributed by atoms with E-state index in [4.69, 9.17) is 4.74 Å². The van der Waals surface area contributed by atoms with Crippen molar-refractivity contribution in [2.24, 2.45) is 0 Å². The minimum atomic E-state index is 0.237. The Hall–Kier alpha value is -0.0600. The molecule has 2 saturated heterocycles. The first-order valence-corrected chi connectivity index (χ1v) is 6.08. The maximum atomic E-state index is 11.0. The van der Waals surface area contributed by atoms with Crippen molar-refractivity contribution < 1.29 is 9.53 Å². The van der Waals surface area contributed by atoms with Gasteiger partial charge in [-0.2, -0.15) is 0 Å². The molecule has 2 aliphatic rings. The summed E-state index contributed by atoms with van der Waals surface area (Å²) >= 11 is 1.49. The molecule has 1 unspecified atom stereocenters. The lowest BCUT2D eigenvalue weighted by molar-refractivity contribution is -0.109. The van der Waals surface area contributed by atoms with Crippen molar-refractivity contribution in [3.05, 3.63) is 0 Å². The molecule has 0 aromatic heterocycles. The summed E-state index contributed by atoms with van der Waals surface area (Å²) in [6.07, 6.45) is 3.32. The smallest absolute Gasteiger partial charge is 0.186 e. The van der Waals surface area contributed by atoms with Crippen LogP contribution >= 0.6 is 11.8 Å². The number of nitrogens with one attached hydrogen (secondary N) is 1. The normalized spacial score (nSPS) is 30.8. The van der Waals surface area contributed by atoms with Crippen molar-refractivity contribution in [1.82, 2.24) is 5.32 Å². The number of carbonyl (C=O) groups excluding carboxylic acids is 1. The Kier molecular flexibility index (Phi) is 3.14. The van der Waals surface area contributed by atoms with Gasteiger partial charge in [0, 0.05) is 37.5 Å². The largest absolute Gasteiger partial charge is 0.381 e. The molecular formula is C10H17NO2S. The van der Waals surface area contributed by atoms with Gasteiger partial charge in [-0.15, -0.1) is 0 Å². The molecule has 0 saturated carbocycles. The van der Waals surface area contributed by atoms with Crippen LogP contribution in [0.1, 0.15) is 26.2 Å². The molecule has 0 aliphatic carbocycles. The predicted molar refractivity (Wildman–Crippen MR) is 57.5 cm³/mol. The van der Waals surface area contributed by atoms with Gasteiger partial charge >= 0.3 is 0 Å². The van der Waals surface area contributed by atoms with E-state index in [1.54, 1.807) is 6.92 Å². The molecule has 2 rings (SSSR count). The highest BCUT2D eigenvalue weighted by Gasteiger charge is 2.40. The molecule has 14 heavy (non-hydrogen) atoms. The Bertz CT molecular complexity index is 226. The van der Waals surface area contributed by atoms with Gasteiger partial charge in [-0.3, -0.25) is 4.79 Å². The minimum absolute atomic E-state index is 0.237. The number of hydrogen-bond donors (Lipinski definition) is 1. The third-order valence-corrected chi connectivity index (χ3v) is 4.10. The Morgan fingerprint density at radius 3 is 2.86 bits per heavy atom. The molecule has 2 aliphatic heterocycles. The van der Waals surface area contributed by atoms with Gasteiger partial charge in [0.05, 0.1) is 0 Å². The van der Waals surface area contributed by atoms with Crippen LogP contribution in [0, 0.1) is 0 Å². The van der Waals surface area contributed by atoms with Crippen LogP contribution in [0.2, 0.25) is 0 Å². The van der Waals surface area contributed by atoms with Crippen molar-refractivity contribution in [3.8, 4) is 0 Å². The van der Waals surface area contributed by atoms with E-state index in [1.807, 2.05) is 0 Å². The van der Waals surface area contributed by atoms with Gasteiger partial charge < -0.3 is 10.1 Å². The fourth-order valence-electron chi connectivity index (χ4n) is 2.37. The molecule has 2 fully saturated rings. The molecule has 0 radical (unpaired) electrons. The SMILES string of the molecule is CC(=O)SC1CNC2(CCOCC2)C1. The second-order valence-electron chi connectivity index (χ2n) is 4.21. The van der Waals surface area contributed by atoms with Crippen molar-refractivity contribution in [3.63, 3.8) is 0 Å². The van der Waals surface area contributed by atoms with Crippen molar-refractivity contribution in [1.29, 1.82) is 0 Å². The summed E-state index contributed by atoms with van der Waals surface area (Å²) in [5.74, 6) is 0. The van der Waals surface area contributed by atoms with E-state index in [1.165, 1.54) is 11.8 Å². The molecule has 80 valence electrons. The molecule has 3 nitrogen and oxygen atoms in total. The van der Waals surface area contributed by atoms with E-state index >= 15 is 0 Å². The number of hydrogen-bond acceptors (Lipinski definition) is 4. The average Bonchev–Trinajstić information content (AvgIpc) is 2.49. The first kappa shape index (κ1) is 10.5. The molecule has 0 aromatic carbocycles. The number of thioether (sulfide) groups is 1. The molecule has 2 heterocycles. The zero-order valence-corrected chi connectivity index (χ0v) is 9.36. The third-order valence-electron chi connectivity index (χ3n) is 3.11. The maximum absolute atomic E-state index is 11.0. The second-order valence-corrected chi connectivity index (χ2v) is 5.69. The Morgan fingerprint density at radius 2 is 2.21 bits per heavy atom. The van der Waals surface area contributed by atoms with Crippen LogP contribution in [0.4, 0.5) is 0 Å². The summed E-state index contributed by atoms with van der Waals surface area (Å²) in [5.41, 5.74) is 0.283. The molecule has 0 bridgehead atoms. The number of carbonyl (C=O) groups is 1. The summed E-state index contributed by atoms with van der Waals surface area (Å²) in [4.78, 5) is 11.0. The number of ether oxygens (including phenoxy) is 1. The molecule has 1 atom stereocenters. The van der Waals surface area contributed by atoms with Crippen LogP contribution in [0.25, 0.3) is 0 Å². The second kappa shape index (κ2) is 4.21. The first-order chi connectivity index (χ1) is 6.70. The van der Waals surface area contributed by atoms with Gasteiger partial charge in [-0.05, 0) is 19.3 Å². The first-order valence-electron chi connectivity index (χ1n) is 5.20. The van der Waals surface area contributed by atoms with Crippen molar-refractivity contribution in [2.45, 2.75) is 37.0 Å². The van der Waals surface area contributed by atoms with Gasteiger partial charge in [-0.25, -0.2) is 0 Å². The van der Waals surface area contributed by atoms with E-state index in [9.17, 15) is 4.79 Å². The number of rotatable bonds is 1. The highest BCUT2D eigenvalue weighted by molar-refractivity contribution is 8.14. The average molecular weight is 215 g/mol. The Labute approximate surface area is 89.0 Å².